The Morgan fingerprint density at radius 2 is 1.72 bits per heavy atom. The van der Waals surface area contributed by atoms with Crippen molar-refractivity contribution < 1.29 is 18.9 Å². The van der Waals surface area contributed by atoms with E-state index in [0.717, 1.165) is 19.6 Å². The van der Waals surface area contributed by atoms with Gasteiger partial charge in [-0.3, -0.25) is 19.3 Å². The largest absolute Gasteiger partial charge is 0.363 e. The van der Waals surface area contributed by atoms with Crippen molar-refractivity contribution in [1.82, 2.24) is 15.0 Å². The molecule has 0 radical (unpaired) electrons. The summed E-state index contributed by atoms with van der Waals surface area (Å²) in [5.74, 6) is -2.47. The number of carbonyl (C=O) groups excluding carboxylic acids is 3. The van der Waals surface area contributed by atoms with Crippen molar-refractivity contribution in [1.29, 1.82) is 0 Å². The molecule has 29 heavy (non-hydrogen) atoms. The summed E-state index contributed by atoms with van der Waals surface area (Å²) in [4.78, 5) is 40.1. The molecule has 1 fully saturated rings. The zero-order valence-electron chi connectivity index (χ0n) is 15.7. The number of rotatable bonds is 5. The van der Waals surface area contributed by atoms with Crippen molar-refractivity contribution in [3.05, 3.63) is 65.4 Å². The molecule has 0 bridgehead atoms. The van der Waals surface area contributed by atoms with Gasteiger partial charge < -0.3 is 15.2 Å². The number of primary amides is 1. The monoisotopic (exact) mass is 392 g/mol. The molecule has 8 heteroatoms. The maximum absolute atomic E-state index is 12.9. The molecular formula is C21H20N4O4. The van der Waals surface area contributed by atoms with E-state index in [4.69, 9.17) is 10.3 Å². The third-order valence-corrected chi connectivity index (χ3v) is 5.06. The molecular weight excluding hydrogens is 372 g/mol. The predicted octanol–water partition coefficient (Wildman–Crippen LogP) is 1.45. The molecule has 0 spiro atoms. The lowest BCUT2D eigenvalue weighted by molar-refractivity contribution is -0.114. The van der Waals surface area contributed by atoms with E-state index in [9.17, 15) is 14.4 Å². The molecule has 1 aliphatic rings. The normalized spacial score (nSPS) is 14.8. The van der Waals surface area contributed by atoms with Crippen molar-refractivity contribution in [3.8, 4) is 0 Å². The number of ketones is 1. The van der Waals surface area contributed by atoms with E-state index in [-0.39, 0.29) is 11.7 Å². The van der Waals surface area contributed by atoms with Gasteiger partial charge in [0.2, 0.25) is 5.76 Å². The fourth-order valence-corrected chi connectivity index (χ4v) is 3.48. The Bertz CT molecular complexity index is 1070. The first kappa shape index (κ1) is 18.8. The molecule has 4 rings (SSSR count). The molecule has 1 aliphatic heterocycles. The molecule has 3 aromatic rings. The maximum atomic E-state index is 12.9. The van der Waals surface area contributed by atoms with Crippen LogP contribution in [0.2, 0.25) is 0 Å². The summed E-state index contributed by atoms with van der Waals surface area (Å²) in [6.07, 6.45) is 0. The second-order valence-electron chi connectivity index (χ2n) is 6.99. The van der Waals surface area contributed by atoms with E-state index in [0.29, 0.717) is 29.6 Å². The maximum Gasteiger partial charge on any atom is 0.293 e. The van der Waals surface area contributed by atoms with Crippen molar-refractivity contribution in [2.45, 2.75) is 6.54 Å². The lowest BCUT2D eigenvalue weighted by atomic mass is 10.1. The molecule has 1 saturated heterocycles. The van der Waals surface area contributed by atoms with E-state index < -0.39 is 11.7 Å². The fourth-order valence-electron chi connectivity index (χ4n) is 3.48. The first-order valence-electron chi connectivity index (χ1n) is 9.32. The Hall–Kier alpha value is -3.52. The predicted molar refractivity (Wildman–Crippen MR) is 105 cm³/mol. The van der Waals surface area contributed by atoms with Crippen molar-refractivity contribution in [3.63, 3.8) is 0 Å². The first-order valence-corrected chi connectivity index (χ1v) is 9.32. The van der Waals surface area contributed by atoms with Gasteiger partial charge in [-0.15, -0.1) is 0 Å². The molecule has 2 aromatic carbocycles. The summed E-state index contributed by atoms with van der Waals surface area (Å²) in [6, 6.07) is 15.0. The third kappa shape index (κ3) is 3.88. The molecule has 0 saturated carbocycles. The lowest BCUT2D eigenvalue weighted by Gasteiger charge is -2.34. The second-order valence-corrected chi connectivity index (χ2v) is 6.99. The van der Waals surface area contributed by atoms with Gasteiger partial charge in [0, 0.05) is 38.3 Å². The SMILES string of the molecule is NC(=O)C(=O)c1onc2ccc(C(=O)N3CCN(Cc4ccccc4)CC3)cc12. The zero-order chi connectivity index (χ0) is 20.4. The van der Waals surface area contributed by atoms with E-state index in [1.807, 2.05) is 18.2 Å². The Balaban J connectivity index is 1.46. The molecule has 8 nitrogen and oxygen atoms in total. The highest BCUT2D eigenvalue weighted by Crippen LogP contribution is 2.22. The number of hydrogen-bond donors (Lipinski definition) is 1. The number of fused-ring (bicyclic) bond motifs is 1. The summed E-state index contributed by atoms with van der Waals surface area (Å²) in [5.41, 5.74) is 7.09. The van der Waals surface area contributed by atoms with Crippen LogP contribution in [0.1, 0.15) is 26.5 Å². The van der Waals surface area contributed by atoms with Gasteiger partial charge in [-0.25, -0.2) is 0 Å². The van der Waals surface area contributed by atoms with Gasteiger partial charge in [-0.1, -0.05) is 35.5 Å². The van der Waals surface area contributed by atoms with E-state index in [1.165, 1.54) is 11.6 Å². The van der Waals surface area contributed by atoms with Crippen LogP contribution in [0.15, 0.2) is 53.1 Å². The third-order valence-electron chi connectivity index (χ3n) is 5.06. The van der Waals surface area contributed by atoms with Gasteiger partial charge in [0.25, 0.3) is 17.6 Å². The zero-order valence-corrected chi connectivity index (χ0v) is 15.7. The minimum atomic E-state index is -1.13. The molecule has 2 heterocycles. The number of carbonyl (C=O) groups is 3. The number of nitrogens with zero attached hydrogens (tertiary/aromatic N) is 3. The first-order chi connectivity index (χ1) is 14.0. The number of aromatic nitrogens is 1. The van der Waals surface area contributed by atoms with Crippen molar-refractivity contribution in [2.24, 2.45) is 5.73 Å². The van der Waals surface area contributed by atoms with Crippen LogP contribution in [-0.2, 0) is 11.3 Å². The van der Waals surface area contributed by atoms with Crippen LogP contribution >= 0.6 is 0 Å². The van der Waals surface area contributed by atoms with Crippen LogP contribution in [0.5, 0.6) is 0 Å². The minimum absolute atomic E-state index is 0.134. The van der Waals surface area contributed by atoms with Gasteiger partial charge in [-0.05, 0) is 23.8 Å². The van der Waals surface area contributed by atoms with Crippen LogP contribution in [0.25, 0.3) is 10.9 Å². The highest BCUT2D eigenvalue weighted by molar-refractivity contribution is 6.43. The number of piperazine rings is 1. The summed E-state index contributed by atoms with van der Waals surface area (Å²) in [6.45, 7) is 3.64. The van der Waals surface area contributed by atoms with Crippen LogP contribution in [0, 0.1) is 0 Å². The second kappa shape index (κ2) is 7.84. The number of benzene rings is 2. The van der Waals surface area contributed by atoms with Gasteiger partial charge in [0.15, 0.2) is 0 Å². The fraction of sp³-hybridized carbons (Fsp3) is 0.238. The van der Waals surface area contributed by atoms with Crippen LogP contribution in [0.4, 0.5) is 0 Å². The smallest absolute Gasteiger partial charge is 0.293 e. The molecule has 1 aromatic heterocycles. The number of Topliss-reactive ketones (excluding diaryl/α,β-unsaturated/α-hetero) is 1. The summed E-state index contributed by atoms with van der Waals surface area (Å²) in [7, 11) is 0. The minimum Gasteiger partial charge on any atom is -0.363 e. The summed E-state index contributed by atoms with van der Waals surface area (Å²) < 4.78 is 4.96. The molecule has 0 atom stereocenters. The molecule has 2 amide bonds. The van der Waals surface area contributed by atoms with E-state index >= 15 is 0 Å². The molecule has 148 valence electrons. The average Bonchev–Trinajstić information content (AvgIpc) is 3.17. The Labute approximate surface area is 166 Å². The molecule has 0 unspecified atom stereocenters. The van der Waals surface area contributed by atoms with Gasteiger partial charge >= 0.3 is 0 Å². The van der Waals surface area contributed by atoms with Gasteiger partial charge in [0.1, 0.15) is 5.52 Å². The molecule has 0 aliphatic carbocycles. The highest BCUT2D eigenvalue weighted by atomic mass is 16.5. The highest BCUT2D eigenvalue weighted by Gasteiger charge is 2.25. The quantitative estimate of drug-likeness (QED) is 0.520. The number of hydrogen-bond acceptors (Lipinski definition) is 6. The number of amides is 2. The van der Waals surface area contributed by atoms with Crippen molar-refractivity contribution >= 4 is 28.5 Å². The van der Waals surface area contributed by atoms with E-state index in [1.54, 1.807) is 17.0 Å². The van der Waals surface area contributed by atoms with Crippen LogP contribution in [0.3, 0.4) is 0 Å². The summed E-state index contributed by atoms with van der Waals surface area (Å²) >= 11 is 0. The summed E-state index contributed by atoms with van der Waals surface area (Å²) in [5, 5.41) is 4.06. The topological polar surface area (TPSA) is 110 Å². The molecule has 2 N–H and O–H groups in total. The van der Waals surface area contributed by atoms with Crippen LogP contribution < -0.4 is 5.73 Å². The Morgan fingerprint density at radius 3 is 2.41 bits per heavy atom. The van der Waals surface area contributed by atoms with Gasteiger partial charge in [-0.2, -0.15) is 0 Å². The Morgan fingerprint density at radius 1 is 1.00 bits per heavy atom. The van der Waals surface area contributed by atoms with Crippen molar-refractivity contribution in [2.75, 3.05) is 26.2 Å². The van der Waals surface area contributed by atoms with Crippen LogP contribution in [-0.4, -0.2) is 58.7 Å². The Kier molecular flexibility index (Phi) is 5.09. The van der Waals surface area contributed by atoms with Gasteiger partial charge in [0.05, 0.1) is 5.39 Å². The average molecular weight is 392 g/mol. The lowest BCUT2D eigenvalue weighted by Crippen LogP contribution is -2.48. The van der Waals surface area contributed by atoms with E-state index in [2.05, 4.69) is 22.2 Å². The number of nitrogens with two attached hydrogens (primary N) is 1. The standard InChI is InChI=1S/C21H20N4O4/c22-20(27)18(26)19-16-12-15(6-7-17(16)23-29-19)21(28)25-10-8-24(9-11-25)13-14-4-2-1-3-5-14/h1-7,12H,8-11,13H2,(H2,22,27).